The number of ether oxygens (including phenoxy) is 1. The smallest absolute Gasteiger partial charge is 0.237 e. The van der Waals surface area contributed by atoms with E-state index in [2.05, 4.69) is 20.3 Å². The van der Waals surface area contributed by atoms with Gasteiger partial charge in [-0.3, -0.25) is 10.1 Å². The summed E-state index contributed by atoms with van der Waals surface area (Å²) in [7, 11) is 0. The fourth-order valence-electron chi connectivity index (χ4n) is 1.85. The van der Waals surface area contributed by atoms with Crippen LogP contribution in [-0.4, -0.2) is 33.2 Å². The summed E-state index contributed by atoms with van der Waals surface area (Å²) in [4.78, 5) is 24.3. The highest BCUT2D eigenvalue weighted by Crippen LogP contribution is 2.31. The van der Waals surface area contributed by atoms with Crippen molar-refractivity contribution in [1.29, 1.82) is 0 Å². The summed E-state index contributed by atoms with van der Waals surface area (Å²) in [6.07, 6.45) is 3.17. The second-order valence-electron chi connectivity index (χ2n) is 4.45. The molecule has 0 radical (unpaired) electrons. The molecule has 1 N–H and O–H groups in total. The first-order chi connectivity index (χ1) is 11.2. The number of nitrogens with one attached hydrogen (secondary N) is 1. The minimum absolute atomic E-state index is 0.157. The zero-order chi connectivity index (χ0) is 16.1. The molecule has 3 rings (SSSR count). The number of hydrogen-bond donors (Lipinski definition) is 1. The monoisotopic (exact) mass is 346 g/mol. The molecule has 2 heterocycles. The van der Waals surface area contributed by atoms with Crippen molar-refractivity contribution in [2.45, 2.75) is 11.3 Å². The van der Waals surface area contributed by atoms with E-state index in [0.717, 1.165) is 20.3 Å². The zero-order valence-electron chi connectivity index (χ0n) is 12.4. The Morgan fingerprint density at radius 1 is 1.35 bits per heavy atom. The van der Waals surface area contributed by atoms with E-state index in [0.29, 0.717) is 12.6 Å². The summed E-state index contributed by atoms with van der Waals surface area (Å²) >= 11 is 2.94. The van der Waals surface area contributed by atoms with Gasteiger partial charge in [-0.05, 0) is 31.2 Å². The van der Waals surface area contributed by atoms with Gasteiger partial charge in [0.15, 0.2) is 4.34 Å². The van der Waals surface area contributed by atoms with Crippen LogP contribution in [0.5, 0.6) is 5.75 Å². The van der Waals surface area contributed by atoms with E-state index in [9.17, 15) is 4.79 Å². The number of thiazole rings is 1. The fraction of sp³-hybridized carbons (Fsp3) is 0.200. The summed E-state index contributed by atoms with van der Waals surface area (Å²) in [5, 5.41) is 2.65. The Labute approximate surface area is 141 Å². The number of carbonyl (C=O) groups excluding carboxylic acids is 1. The van der Waals surface area contributed by atoms with Gasteiger partial charge in [-0.25, -0.2) is 15.0 Å². The van der Waals surface area contributed by atoms with Crippen LogP contribution >= 0.6 is 23.1 Å². The number of amides is 1. The summed E-state index contributed by atoms with van der Waals surface area (Å²) < 4.78 is 7.37. The van der Waals surface area contributed by atoms with E-state index in [1.54, 1.807) is 29.8 Å². The molecule has 0 bridgehead atoms. The third-order valence-corrected chi connectivity index (χ3v) is 4.96. The number of anilines is 1. The molecule has 2 aromatic heterocycles. The molecule has 0 atom stereocenters. The minimum atomic E-state index is -0.157. The van der Waals surface area contributed by atoms with Crippen LogP contribution in [0.15, 0.2) is 41.0 Å². The molecule has 0 saturated carbocycles. The second kappa shape index (κ2) is 7.38. The molecule has 0 unspecified atom stereocenters. The molecule has 0 saturated heterocycles. The van der Waals surface area contributed by atoms with Crippen molar-refractivity contribution in [3.8, 4) is 5.75 Å². The quantitative estimate of drug-likeness (QED) is 0.691. The molecular weight excluding hydrogens is 332 g/mol. The molecule has 3 aromatic rings. The molecule has 0 fully saturated rings. The van der Waals surface area contributed by atoms with Crippen molar-refractivity contribution in [3.05, 3.63) is 36.7 Å². The van der Waals surface area contributed by atoms with Gasteiger partial charge in [0, 0.05) is 12.4 Å². The molecule has 118 valence electrons. The van der Waals surface area contributed by atoms with Crippen molar-refractivity contribution >= 4 is 45.2 Å². The van der Waals surface area contributed by atoms with Crippen LogP contribution in [0.1, 0.15) is 6.92 Å². The Morgan fingerprint density at radius 2 is 2.17 bits per heavy atom. The number of hydrogen-bond acceptors (Lipinski definition) is 7. The third-order valence-electron chi connectivity index (χ3n) is 2.80. The van der Waals surface area contributed by atoms with Gasteiger partial charge in [-0.1, -0.05) is 11.8 Å². The van der Waals surface area contributed by atoms with Crippen LogP contribution in [0.25, 0.3) is 10.2 Å². The fourth-order valence-corrected chi connectivity index (χ4v) is 3.75. The van der Waals surface area contributed by atoms with Crippen molar-refractivity contribution in [2.75, 3.05) is 17.7 Å². The van der Waals surface area contributed by atoms with Gasteiger partial charge in [-0.2, -0.15) is 0 Å². The van der Waals surface area contributed by atoms with Gasteiger partial charge in [0.2, 0.25) is 11.9 Å². The lowest BCUT2D eigenvalue weighted by molar-refractivity contribution is -0.113. The number of fused-ring (bicyclic) bond motifs is 1. The SMILES string of the molecule is CCOc1ccc2nc(SCC(=O)Nc3ncccn3)sc2c1. The highest BCUT2D eigenvalue weighted by atomic mass is 32.2. The lowest BCUT2D eigenvalue weighted by atomic mass is 10.3. The van der Waals surface area contributed by atoms with Crippen LogP contribution in [-0.2, 0) is 4.79 Å². The number of nitrogens with zero attached hydrogens (tertiary/aromatic N) is 3. The van der Waals surface area contributed by atoms with Crippen molar-refractivity contribution in [1.82, 2.24) is 15.0 Å². The van der Waals surface area contributed by atoms with Gasteiger partial charge in [0.1, 0.15) is 5.75 Å². The minimum Gasteiger partial charge on any atom is -0.494 e. The molecule has 1 amide bonds. The molecule has 1 aromatic carbocycles. The molecule has 0 aliphatic carbocycles. The Morgan fingerprint density at radius 3 is 2.96 bits per heavy atom. The number of carbonyl (C=O) groups is 1. The third kappa shape index (κ3) is 4.17. The maximum Gasteiger partial charge on any atom is 0.237 e. The molecule has 6 nitrogen and oxygen atoms in total. The lowest BCUT2D eigenvalue weighted by Gasteiger charge is -2.00. The molecule has 0 spiro atoms. The average Bonchev–Trinajstić information content (AvgIpc) is 2.96. The lowest BCUT2D eigenvalue weighted by Crippen LogP contribution is -2.15. The van der Waals surface area contributed by atoms with Crippen LogP contribution in [0.4, 0.5) is 5.95 Å². The standard InChI is InChI=1S/C15H14N4O2S2/c1-2-21-10-4-5-11-12(8-10)23-15(18-11)22-9-13(20)19-14-16-6-3-7-17-14/h3-8H,2,9H2,1H3,(H,16,17,19,20). The Kier molecular flexibility index (Phi) is 5.04. The van der Waals surface area contributed by atoms with Gasteiger partial charge in [0.25, 0.3) is 0 Å². The van der Waals surface area contributed by atoms with Crippen molar-refractivity contribution < 1.29 is 9.53 Å². The number of rotatable bonds is 6. The van der Waals surface area contributed by atoms with E-state index in [1.807, 2.05) is 25.1 Å². The summed E-state index contributed by atoms with van der Waals surface area (Å²) in [5.41, 5.74) is 0.910. The van der Waals surface area contributed by atoms with Gasteiger partial charge >= 0.3 is 0 Å². The predicted octanol–water partition coefficient (Wildman–Crippen LogP) is 3.22. The first-order valence-electron chi connectivity index (χ1n) is 6.97. The number of benzene rings is 1. The number of aromatic nitrogens is 3. The van der Waals surface area contributed by atoms with Crippen LogP contribution in [0.3, 0.4) is 0 Å². The van der Waals surface area contributed by atoms with Gasteiger partial charge in [-0.15, -0.1) is 11.3 Å². The Hall–Kier alpha value is -2.19. The highest BCUT2D eigenvalue weighted by molar-refractivity contribution is 8.01. The van der Waals surface area contributed by atoms with E-state index in [1.165, 1.54) is 11.8 Å². The van der Waals surface area contributed by atoms with Crippen LogP contribution < -0.4 is 10.1 Å². The van der Waals surface area contributed by atoms with Crippen LogP contribution in [0, 0.1) is 0 Å². The maximum absolute atomic E-state index is 11.9. The normalized spacial score (nSPS) is 10.7. The summed E-state index contributed by atoms with van der Waals surface area (Å²) in [6.45, 7) is 2.58. The summed E-state index contributed by atoms with van der Waals surface area (Å²) in [6, 6.07) is 7.50. The molecule has 23 heavy (non-hydrogen) atoms. The van der Waals surface area contributed by atoms with Crippen molar-refractivity contribution in [3.63, 3.8) is 0 Å². The maximum atomic E-state index is 11.9. The zero-order valence-corrected chi connectivity index (χ0v) is 14.0. The first kappa shape index (κ1) is 15.7. The molecule has 0 aliphatic heterocycles. The summed E-state index contributed by atoms with van der Waals surface area (Å²) in [5.74, 6) is 1.24. The molecular formula is C15H14N4O2S2. The Balaban J connectivity index is 1.61. The van der Waals surface area contributed by atoms with Crippen molar-refractivity contribution in [2.24, 2.45) is 0 Å². The van der Waals surface area contributed by atoms with E-state index in [4.69, 9.17) is 4.74 Å². The molecule has 0 aliphatic rings. The average molecular weight is 346 g/mol. The Bertz CT molecular complexity index is 808. The number of thioether (sulfide) groups is 1. The van der Waals surface area contributed by atoms with Gasteiger partial charge in [0.05, 0.1) is 22.6 Å². The predicted molar refractivity (Wildman–Crippen MR) is 92.2 cm³/mol. The van der Waals surface area contributed by atoms with Gasteiger partial charge < -0.3 is 4.74 Å². The topological polar surface area (TPSA) is 77.0 Å². The first-order valence-corrected chi connectivity index (χ1v) is 8.78. The van der Waals surface area contributed by atoms with E-state index >= 15 is 0 Å². The van der Waals surface area contributed by atoms with E-state index in [-0.39, 0.29) is 11.7 Å². The molecule has 8 heteroatoms. The van der Waals surface area contributed by atoms with Crippen LogP contribution in [0.2, 0.25) is 0 Å². The highest BCUT2D eigenvalue weighted by Gasteiger charge is 2.09. The second-order valence-corrected chi connectivity index (χ2v) is 6.70. The van der Waals surface area contributed by atoms with E-state index < -0.39 is 0 Å². The largest absolute Gasteiger partial charge is 0.494 e.